The van der Waals surface area contributed by atoms with Gasteiger partial charge in [-0.05, 0) is 81.4 Å². The molecule has 4 rings (SSSR count). The maximum atomic E-state index is 12.2. The van der Waals surface area contributed by atoms with Gasteiger partial charge in [0.15, 0.2) is 11.5 Å². The molecule has 0 aliphatic rings. The molecular formula is C26H25N3O5S. The second kappa shape index (κ2) is 11.1. The van der Waals surface area contributed by atoms with Gasteiger partial charge in [0.2, 0.25) is 11.7 Å². The molecule has 1 N–H and O–H groups in total. The monoisotopic (exact) mass is 491 g/mol. The van der Waals surface area contributed by atoms with Gasteiger partial charge >= 0.3 is 0 Å². The van der Waals surface area contributed by atoms with E-state index < -0.39 is 0 Å². The first kappa shape index (κ1) is 24.3. The highest BCUT2D eigenvalue weighted by Gasteiger charge is 2.15. The number of furan rings is 1. The maximum absolute atomic E-state index is 12.2. The molecule has 0 bridgehead atoms. The van der Waals surface area contributed by atoms with Crippen molar-refractivity contribution in [2.75, 3.05) is 11.1 Å². The largest absolute Gasteiger partial charge is 0.491 e. The van der Waals surface area contributed by atoms with E-state index in [0.717, 1.165) is 11.3 Å². The Hall–Kier alpha value is -3.85. The Bertz CT molecular complexity index is 1290. The van der Waals surface area contributed by atoms with Crippen molar-refractivity contribution in [2.24, 2.45) is 0 Å². The van der Waals surface area contributed by atoms with Crippen molar-refractivity contribution in [3.63, 3.8) is 0 Å². The van der Waals surface area contributed by atoms with Gasteiger partial charge in [-0.3, -0.25) is 9.59 Å². The molecule has 4 aromatic rings. The highest BCUT2D eigenvalue weighted by molar-refractivity contribution is 7.99. The van der Waals surface area contributed by atoms with Gasteiger partial charge in [0, 0.05) is 16.8 Å². The minimum Gasteiger partial charge on any atom is -0.491 e. The first-order valence-electron chi connectivity index (χ1n) is 11.1. The van der Waals surface area contributed by atoms with E-state index in [1.54, 1.807) is 30.3 Å². The lowest BCUT2D eigenvalue weighted by Gasteiger charge is -2.09. The summed E-state index contributed by atoms with van der Waals surface area (Å²) in [7, 11) is 0. The lowest BCUT2D eigenvalue weighted by atomic mass is 10.1. The normalized spacial score (nSPS) is 11.0. The van der Waals surface area contributed by atoms with E-state index in [-0.39, 0.29) is 29.4 Å². The number of rotatable bonds is 10. The van der Waals surface area contributed by atoms with Crippen molar-refractivity contribution in [1.29, 1.82) is 0 Å². The van der Waals surface area contributed by atoms with Gasteiger partial charge < -0.3 is 19.0 Å². The Balaban J connectivity index is 1.28. The van der Waals surface area contributed by atoms with Gasteiger partial charge in [0.1, 0.15) is 11.5 Å². The van der Waals surface area contributed by atoms with Gasteiger partial charge in [0.05, 0.1) is 17.6 Å². The number of benzene rings is 2. The van der Waals surface area contributed by atoms with Crippen LogP contribution in [-0.2, 0) is 10.5 Å². The van der Waals surface area contributed by atoms with E-state index in [9.17, 15) is 9.59 Å². The number of Topliss-reactive ketones (excluding diaryl/α,β-unsaturated/α-hetero) is 1. The van der Waals surface area contributed by atoms with Crippen LogP contribution in [0.3, 0.4) is 0 Å². The second-order valence-electron chi connectivity index (χ2n) is 8.05. The number of nitrogens with zero attached hydrogens (tertiary/aromatic N) is 2. The fourth-order valence-corrected chi connectivity index (χ4v) is 3.91. The van der Waals surface area contributed by atoms with Gasteiger partial charge in [-0.1, -0.05) is 5.16 Å². The van der Waals surface area contributed by atoms with E-state index >= 15 is 0 Å². The van der Waals surface area contributed by atoms with Crippen LogP contribution in [0.5, 0.6) is 5.75 Å². The molecule has 1 amide bonds. The number of thioether (sulfide) groups is 1. The predicted molar refractivity (Wildman–Crippen MR) is 134 cm³/mol. The van der Waals surface area contributed by atoms with E-state index in [1.165, 1.54) is 18.7 Å². The smallest absolute Gasteiger partial charge is 0.293 e. The van der Waals surface area contributed by atoms with Crippen LogP contribution in [0.15, 0.2) is 69.6 Å². The molecule has 0 unspecified atom stereocenters. The Morgan fingerprint density at radius 1 is 1.03 bits per heavy atom. The summed E-state index contributed by atoms with van der Waals surface area (Å²) in [6.45, 7) is 5.45. The number of hydrogen-bond acceptors (Lipinski definition) is 8. The van der Waals surface area contributed by atoms with Crippen LogP contribution in [-0.4, -0.2) is 33.7 Å². The Labute approximate surface area is 207 Å². The average molecular weight is 492 g/mol. The molecule has 0 spiro atoms. The quantitative estimate of drug-likeness (QED) is 0.275. The third kappa shape index (κ3) is 6.60. The topological polar surface area (TPSA) is 107 Å². The van der Waals surface area contributed by atoms with Gasteiger partial charge in [-0.2, -0.15) is 4.98 Å². The summed E-state index contributed by atoms with van der Waals surface area (Å²) >= 11 is 1.42. The first-order valence-corrected chi connectivity index (χ1v) is 12.2. The molecule has 0 aliphatic heterocycles. The number of hydrogen-bond donors (Lipinski definition) is 1. The lowest BCUT2D eigenvalue weighted by Crippen LogP contribution is -2.14. The van der Waals surface area contributed by atoms with E-state index in [0.29, 0.717) is 34.3 Å². The van der Waals surface area contributed by atoms with Crippen molar-refractivity contribution in [1.82, 2.24) is 10.1 Å². The molecule has 0 saturated carbocycles. The summed E-state index contributed by atoms with van der Waals surface area (Å²) < 4.78 is 16.8. The molecule has 2 aromatic carbocycles. The Morgan fingerprint density at radius 3 is 2.46 bits per heavy atom. The van der Waals surface area contributed by atoms with E-state index in [2.05, 4.69) is 15.5 Å². The molecule has 8 nitrogen and oxygen atoms in total. The number of anilines is 1. The van der Waals surface area contributed by atoms with Gasteiger partial charge in [-0.15, -0.1) is 11.8 Å². The van der Waals surface area contributed by atoms with Gasteiger partial charge in [-0.25, -0.2) is 0 Å². The molecule has 0 atom stereocenters. The molecule has 9 heteroatoms. The number of amides is 1. The molecule has 2 aromatic heterocycles. The van der Waals surface area contributed by atoms with Crippen molar-refractivity contribution in [3.8, 4) is 28.8 Å². The molecule has 180 valence electrons. The average Bonchev–Trinajstić information content (AvgIpc) is 3.49. The zero-order chi connectivity index (χ0) is 24.8. The molecule has 0 radical (unpaired) electrons. The maximum Gasteiger partial charge on any atom is 0.293 e. The molecule has 0 aliphatic carbocycles. The van der Waals surface area contributed by atoms with Crippen LogP contribution in [0.2, 0.25) is 0 Å². The van der Waals surface area contributed by atoms with Crippen LogP contribution in [0, 0.1) is 0 Å². The summed E-state index contributed by atoms with van der Waals surface area (Å²) in [6.07, 6.45) is 0.101. The van der Waals surface area contributed by atoms with Crippen molar-refractivity contribution >= 4 is 29.1 Å². The number of nitrogens with one attached hydrogen (secondary N) is 1. The molecular weight excluding hydrogens is 466 g/mol. The summed E-state index contributed by atoms with van der Waals surface area (Å²) in [5.74, 6) is 3.29. The summed E-state index contributed by atoms with van der Waals surface area (Å²) in [4.78, 5) is 27.9. The standard InChI is InChI=1S/C26H25N3O5S/c1-16(2)32-21-10-6-19(7-11-21)25-28-26(34-29-25)23-13-12-22(33-23)14-35-15-24(31)27-20-8-4-18(5-9-20)17(3)30/h4-13,16H,14-15H2,1-3H3,(H,27,31). The Morgan fingerprint density at radius 2 is 1.77 bits per heavy atom. The molecule has 0 fully saturated rings. The number of carbonyl (C=O) groups excluding carboxylic acids is 2. The number of aromatic nitrogens is 2. The fraction of sp³-hybridized carbons (Fsp3) is 0.231. The van der Waals surface area contributed by atoms with E-state index in [1.807, 2.05) is 44.2 Å². The van der Waals surface area contributed by atoms with Crippen molar-refractivity contribution in [3.05, 3.63) is 72.0 Å². The third-order valence-electron chi connectivity index (χ3n) is 4.84. The lowest BCUT2D eigenvalue weighted by molar-refractivity contribution is -0.113. The molecule has 0 saturated heterocycles. The fourth-order valence-electron chi connectivity index (χ4n) is 3.20. The predicted octanol–water partition coefficient (Wildman–Crippen LogP) is 5.86. The van der Waals surface area contributed by atoms with Crippen LogP contribution in [0.25, 0.3) is 23.0 Å². The van der Waals surface area contributed by atoms with Crippen LogP contribution >= 0.6 is 11.8 Å². The SMILES string of the molecule is CC(=O)c1ccc(NC(=O)CSCc2ccc(-c3nc(-c4ccc(OC(C)C)cc4)no3)o2)cc1. The van der Waals surface area contributed by atoms with Crippen LogP contribution in [0.1, 0.15) is 36.9 Å². The minimum absolute atomic E-state index is 0.0149. The van der Waals surface area contributed by atoms with E-state index in [4.69, 9.17) is 13.7 Å². The molecule has 2 heterocycles. The molecule has 35 heavy (non-hydrogen) atoms. The van der Waals surface area contributed by atoms with Crippen LogP contribution in [0.4, 0.5) is 5.69 Å². The Kier molecular flexibility index (Phi) is 7.67. The highest BCUT2D eigenvalue weighted by atomic mass is 32.2. The summed E-state index contributed by atoms with van der Waals surface area (Å²) in [6, 6.07) is 17.9. The number of ether oxygens (including phenoxy) is 1. The minimum atomic E-state index is -0.135. The zero-order valence-electron chi connectivity index (χ0n) is 19.6. The number of ketones is 1. The zero-order valence-corrected chi connectivity index (χ0v) is 20.4. The second-order valence-corrected chi connectivity index (χ2v) is 9.04. The highest BCUT2D eigenvalue weighted by Crippen LogP contribution is 2.27. The first-order chi connectivity index (χ1) is 16.9. The van der Waals surface area contributed by atoms with Crippen molar-refractivity contribution in [2.45, 2.75) is 32.6 Å². The summed E-state index contributed by atoms with van der Waals surface area (Å²) in [5.41, 5.74) is 2.06. The van der Waals surface area contributed by atoms with Crippen LogP contribution < -0.4 is 10.1 Å². The van der Waals surface area contributed by atoms with Crippen molar-refractivity contribution < 1.29 is 23.3 Å². The third-order valence-corrected chi connectivity index (χ3v) is 5.79. The number of carbonyl (C=O) groups is 2. The van der Waals surface area contributed by atoms with Gasteiger partial charge in [0.25, 0.3) is 5.89 Å². The summed E-state index contributed by atoms with van der Waals surface area (Å²) in [5, 5.41) is 6.85.